The van der Waals surface area contributed by atoms with Gasteiger partial charge in [-0.25, -0.2) is 9.78 Å². The summed E-state index contributed by atoms with van der Waals surface area (Å²) in [6, 6.07) is 16.8. The van der Waals surface area contributed by atoms with E-state index < -0.39 is 17.7 Å². The number of rotatable bonds is 3. The van der Waals surface area contributed by atoms with Crippen LogP contribution in [0.1, 0.15) is 83.2 Å². The summed E-state index contributed by atoms with van der Waals surface area (Å²) < 4.78 is 26.6. The summed E-state index contributed by atoms with van der Waals surface area (Å²) in [5.74, 6) is 1.18. The molecule has 49 heavy (non-hydrogen) atoms. The topological polar surface area (TPSA) is 87.4 Å². The first-order valence-corrected chi connectivity index (χ1v) is 17.4. The van der Waals surface area contributed by atoms with E-state index in [0.717, 1.165) is 65.2 Å². The highest BCUT2D eigenvalue weighted by atomic mass is 16.6. The quantitative estimate of drug-likeness (QED) is 0.160. The van der Waals surface area contributed by atoms with Gasteiger partial charge in [-0.15, -0.1) is 0 Å². The van der Waals surface area contributed by atoms with Gasteiger partial charge in [0.25, 0.3) is 0 Å². The lowest BCUT2D eigenvalue weighted by atomic mass is 9.92. The number of hydrogen-bond acceptors (Lipinski definition) is 8. The Kier molecular flexibility index (Phi) is 9.87. The minimum atomic E-state index is -0.987. The molecule has 1 fully saturated rings. The number of ether oxygens (including phenoxy) is 4. The van der Waals surface area contributed by atoms with Crippen molar-refractivity contribution in [3.05, 3.63) is 77.5 Å². The first-order valence-electron chi connectivity index (χ1n) is 17.4. The van der Waals surface area contributed by atoms with E-state index in [9.17, 15) is 4.79 Å². The Bertz CT molecular complexity index is 1850. The van der Waals surface area contributed by atoms with Crippen molar-refractivity contribution in [1.29, 1.82) is 0 Å². The molecule has 0 aliphatic carbocycles. The van der Waals surface area contributed by atoms with E-state index in [4.69, 9.17) is 29.0 Å². The Morgan fingerprint density at radius 2 is 1.80 bits per heavy atom. The highest BCUT2D eigenvalue weighted by Crippen LogP contribution is 2.40. The van der Waals surface area contributed by atoms with Crippen molar-refractivity contribution in [3.8, 4) is 28.1 Å². The van der Waals surface area contributed by atoms with Crippen LogP contribution < -0.4 is 9.64 Å². The van der Waals surface area contributed by atoms with Crippen LogP contribution >= 0.6 is 0 Å². The van der Waals surface area contributed by atoms with Gasteiger partial charge in [-0.1, -0.05) is 42.0 Å². The summed E-state index contributed by atoms with van der Waals surface area (Å²) >= 11 is 0. The zero-order valence-electron chi connectivity index (χ0n) is 30.2. The number of nitrogens with zero attached hydrogens (tertiary/aromatic N) is 4. The smallest absolute Gasteiger partial charge is 0.339 e. The Morgan fingerprint density at radius 1 is 1.04 bits per heavy atom. The second kappa shape index (κ2) is 14.0. The molecule has 7 rings (SSSR count). The molecule has 0 amide bonds. The number of benzene rings is 2. The molecule has 2 aromatic carbocycles. The standard InChI is InChI=1S/C40H50N4O5/c1-26-16-17-33-31(23-26)29-14-12-15-30(24-29)32-25-34-41-28(3)35(36(38(45)46-8)49-39(4,5)6)37(44(34)42-32)43-20-18-40(7,19-21-43)47-22-11-9-10-13-27(2)48-33/h9,11-12,14-17,23-25,27,36H,10,13,18-22H2,1-8H3/b11-9+/t27-,36-/m0/s1. The van der Waals surface area contributed by atoms with E-state index in [1.807, 2.05) is 38.3 Å². The highest BCUT2D eigenvalue weighted by molar-refractivity contribution is 5.81. The Morgan fingerprint density at radius 3 is 2.53 bits per heavy atom. The Labute approximate surface area is 290 Å². The minimum Gasteiger partial charge on any atom is -0.490 e. The molecule has 0 radical (unpaired) electrons. The zero-order chi connectivity index (χ0) is 34.9. The van der Waals surface area contributed by atoms with Gasteiger partial charge in [-0.3, -0.25) is 0 Å². The van der Waals surface area contributed by atoms with E-state index in [0.29, 0.717) is 36.6 Å². The van der Waals surface area contributed by atoms with E-state index in [1.165, 1.54) is 7.11 Å². The van der Waals surface area contributed by atoms with Gasteiger partial charge < -0.3 is 23.8 Å². The molecular formula is C40H50N4O5. The summed E-state index contributed by atoms with van der Waals surface area (Å²) in [6.45, 7) is 16.1. The number of carbonyl (C=O) groups is 1. The fourth-order valence-electron chi connectivity index (χ4n) is 6.75. The van der Waals surface area contributed by atoms with Crippen LogP contribution in [0.15, 0.2) is 60.7 Å². The van der Waals surface area contributed by atoms with Crippen LogP contribution in [-0.2, 0) is 19.0 Å². The lowest BCUT2D eigenvalue weighted by molar-refractivity contribution is -0.164. The van der Waals surface area contributed by atoms with Crippen LogP contribution in [0, 0.1) is 13.8 Å². The summed E-state index contributed by atoms with van der Waals surface area (Å²) in [4.78, 5) is 20.7. The number of hydrogen-bond donors (Lipinski definition) is 0. The predicted octanol–water partition coefficient (Wildman–Crippen LogP) is 8.20. The summed E-state index contributed by atoms with van der Waals surface area (Å²) in [7, 11) is 1.39. The second-order valence-electron chi connectivity index (χ2n) is 14.7. The molecule has 0 spiro atoms. The van der Waals surface area contributed by atoms with Gasteiger partial charge in [-0.2, -0.15) is 9.61 Å². The van der Waals surface area contributed by atoms with E-state index in [1.54, 1.807) is 0 Å². The van der Waals surface area contributed by atoms with Crippen molar-refractivity contribution < 1.29 is 23.7 Å². The molecule has 0 saturated carbocycles. The van der Waals surface area contributed by atoms with E-state index in [-0.39, 0.29) is 11.7 Å². The summed E-state index contributed by atoms with van der Waals surface area (Å²) in [6.07, 6.45) is 6.81. The zero-order valence-corrected chi connectivity index (χ0v) is 30.2. The third-order valence-corrected chi connectivity index (χ3v) is 9.44. The van der Waals surface area contributed by atoms with Gasteiger partial charge in [-0.05, 0) is 97.9 Å². The molecule has 2 aromatic heterocycles. The molecule has 4 aromatic rings. The third kappa shape index (κ3) is 7.68. The number of allylic oxidation sites excluding steroid dienone is 1. The van der Waals surface area contributed by atoms with Gasteiger partial charge in [0.05, 0.1) is 42.3 Å². The maximum Gasteiger partial charge on any atom is 0.339 e. The molecule has 2 atom stereocenters. The van der Waals surface area contributed by atoms with Crippen LogP contribution in [0.25, 0.3) is 28.0 Å². The highest BCUT2D eigenvalue weighted by Gasteiger charge is 2.38. The Hall–Kier alpha value is -4.21. The van der Waals surface area contributed by atoms with Crippen molar-refractivity contribution in [2.45, 2.75) is 97.6 Å². The monoisotopic (exact) mass is 666 g/mol. The third-order valence-electron chi connectivity index (χ3n) is 9.44. The number of esters is 1. The number of anilines is 1. The van der Waals surface area contributed by atoms with Crippen LogP contribution in [0.3, 0.4) is 0 Å². The molecule has 0 unspecified atom stereocenters. The van der Waals surface area contributed by atoms with Gasteiger partial charge in [0, 0.05) is 36.0 Å². The van der Waals surface area contributed by atoms with Crippen LogP contribution in [0.4, 0.5) is 5.82 Å². The fourth-order valence-corrected chi connectivity index (χ4v) is 6.75. The van der Waals surface area contributed by atoms with Crippen LogP contribution in [0.5, 0.6) is 5.75 Å². The molecule has 9 nitrogen and oxygen atoms in total. The lowest BCUT2D eigenvalue weighted by Crippen LogP contribution is -2.45. The summed E-state index contributed by atoms with van der Waals surface area (Å²) in [5, 5.41) is 5.19. The molecule has 1 saturated heterocycles. The molecule has 6 bridgehead atoms. The molecule has 9 heteroatoms. The SMILES string of the molecule is COC(=O)[C@@H](OC(C)(C)C)c1c(C)nc2cc3nn2c1N1CCC(C)(CC1)OC/C=C/CC[C@H](C)Oc1ccc(C)cc1-c1cccc-3c1. The second-order valence-corrected chi connectivity index (χ2v) is 14.7. The minimum absolute atomic E-state index is 0.0441. The number of piperidine rings is 1. The molecule has 3 aliphatic rings. The van der Waals surface area contributed by atoms with Crippen molar-refractivity contribution in [2.75, 3.05) is 31.7 Å². The molecular weight excluding hydrogens is 616 g/mol. The largest absolute Gasteiger partial charge is 0.490 e. The van der Waals surface area contributed by atoms with Crippen molar-refractivity contribution in [2.24, 2.45) is 0 Å². The predicted molar refractivity (Wildman–Crippen MR) is 193 cm³/mol. The van der Waals surface area contributed by atoms with Crippen LogP contribution in [-0.4, -0.2) is 64.7 Å². The number of carbonyl (C=O) groups excluding carboxylic acids is 1. The van der Waals surface area contributed by atoms with Crippen molar-refractivity contribution >= 4 is 17.4 Å². The van der Waals surface area contributed by atoms with Crippen LogP contribution in [0.2, 0.25) is 0 Å². The number of fused-ring (bicyclic) bond motifs is 8. The summed E-state index contributed by atoms with van der Waals surface area (Å²) in [5.41, 5.74) is 6.15. The lowest BCUT2D eigenvalue weighted by Gasteiger charge is -2.41. The van der Waals surface area contributed by atoms with Gasteiger partial charge in [0.15, 0.2) is 11.8 Å². The molecule has 0 N–H and O–H groups in total. The molecule has 260 valence electrons. The van der Waals surface area contributed by atoms with Gasteiger partial charge in [0.2, 0.25) is 0 Å². The van der Waals surface area contributed by atoms with E-state index in [2.05, 4.69) is 80.3 Å². The number of aryl methyl sites for hydroxylation is 2. The number of methoxy groups -OCH3 is 1. The van der Waals surface area contributed by atoms with Crippen molar-refractivity contribution in [3.63, 3.8) is 0 Å². The van der Waals surface area contributed by atoms with Gasteiger partial charge >= 0.3 is 5.97 Å². The molecule has 3 aliphatic heterocycles. The maximum atomic E-state index is 13.4. The van der Waals surface area contributed by atoms with Gasteiger partial charge in [0.1, 0.15) is 11.6 Å². The number of aromatic nitrogens is 3. The Balaban J connectivity index is 1.54. The fraction of sp³-hybridized carbons (Fsp3) is 0.475. The molecule has 5 heterocycles. The normalized spacial score (nSPS) is 21.5. The van der Waals surface area contributed by atoms with E-state index >= 15 is 0 Å². The maximum absolute atomic E-state index is 13.4. The first kappa shape index (κ1) is 34.6. The first-order chi connectivity index (χ1) is 23.3. The van der Waals surface area contributed by atoms with Crippen molar-refractivity contribution in [1.82, 2.24) is 14.6 Å². The average molecular weight is 667 g/mol. The average Bonchev–Trinajstić information content (AvgIpc) is 3.48.